The van der Waals surface area contributed by atoms with Crippen LogP contribution in [-0.2, 0) is 5.54 Å². The molecule has 0 aromatic heterocycles. The van der Waals surface area contributed by atoms with E-state index >= 15 is 0 Å². The Kier molecular flexibility index (Phi) is 3.79. The third kappa shape index (κ3) is 2.35. The number of aromatic carboxylic acids is 1. The van der Waals surface area contributed by atoms with Crippen molar-refractivity contribution < 1.29 is 9.90 Å². The van der Waals surface area contributed by atoms with Gasteiger partial charge in [-0.3, -0.25) is 4.90 Å². The zero-order valence-corrected chi connectivity index (χ0v) is 12.0. The Morgan fingerprint density at radius 2 is 1.55 bits per heavy atom. The second-order valence-corrected chi connectivity index (χ2v) is 6.17. The molecular weight excluding hydrogens is 250 g/mol. The van der Waals surface area contributed by atoms with Crippen molar-refractivity contribution in [3.05, 3.63) is 35.4 Å². The molecule has 0 radical (unpaired) electrons. The van der Waals surface area contributed by atoms with E-state index in [0.29, 0.717) is 5.56 Å². The molecule has 0 bridgehead atoms. The summed E-state index contributed by atoms with van der Waals surface area (Å²) in [5.74, 6) is -0.838. The first-order valence-electron chi connectivity index (χ1n) is 7.81. The minimum absolute atomic E-state index is 0.172. The van der Waals surface area contributed by atoms with Crippen LogP contribution in [-0.4, -0.2) is 29.1 Å². The second kappa shape index (κ2) is 5.57. The smallest absolute Gasteiger partial charge is 0.335 e. The maximum Gasteiger partial charge on any atom is 0.335 e. The highest BCUT2D eigenvalue weighted by Gasteiger charge is 2.40. The highest BCUT2D eigenvalue weighted by Crippen LogP contribution is 2.43. The average Bonchev–Trinajstić information content (AvgIpc) is 3.03. The van der Waals surface area contributed by atoms with Gasteiger partial charge < -0.3 is 5.11 Å². The summed E-state index contributed by atoms with van der Waals surface area (Å²) in [6, 6.07) is 7.63. The van der Waals surface area contributed by atoms with Crippen molar-refractivity contribution in [3.8, 4) is 0 Å². The van der Waals surface area contributed by atoms with E-state index in [0.717, 1.165) is 0 Å². The van der Waals surface area contributed by atoms with Crippen molar-refractivity contribution in [1.82, 2.24) is 4.90 Å². The molecule has 2 fully saturated rings. The van der Waals surface area contributed by atoms with Crippen LogP contribution in [0.4, 0.5) is 0 Å². The Hall–Kier alpha value is -1.35. The molecule has 1 aromatic carbocycles. The summed E-state index contributed by atoms with van der Waals surface area (Å²) in [4.78, 5) is 13.7. The summed E-state index contributed by atoms with van der Waals surface area (Å²) in [6.45, 7) is 2.39. The van der Waals surface area contributed by atoms with Crippen LogP contribution in [0.3, 0.4) is 0 Å². The highest BCUT2D eigenvalue weighted by atomic mass is 16.4. The second-order valence-electron chi connectivity index (χ2n) is 6.17. The van der Waals surface area contributed by atoms with Crippen LogP contribution in [0.25, 0.3) is 0 Å². The molecule has 3 heteroatoms. The number of carboxylic acid groups (broad SMARTS) is 1. The normalized spacial score (nSPS) is 22.8. The molecule has 3 nitrogen and oxygen atoms in total. The standard InChI is InChI=1S/C17H23NO2/c19-16(20)14-6-8-15(9-7-14)17(10-2-1-3-11-17)18-12-4-5-13-18/h6-9H,1-5,10-13H2,(H,19,20). The maximum absolute atomic E-state index is 11.0. The van der Waals surface area contributed by atoms with Gasteiger partial charge in [-0.25, -0.2) is 4.79 Å². The molecule has 108 valence electrons. The number of carbonyl (C=O) groups is 1. The van der Waals surface area contributed by atoms with E-state index in [2.05, 4.69) is 4.90 Å². The third-order valence-corrected chi connectivity index (χ3v) is 5.06. The van der Waals surface area contributed by atoms with Crippen LogP contribution in [0, 0.1) is 0 Å². The predicted molar refractivity (Wildman–Crippen MR) is 79.0 cm³/mol. The third-order valence-electron chi connectivity index (χ3n) is 5.06. The largest absolute Gasteiger partial charge is 0.478 e. The number of benzene rings is 1. The van der Waals surface area contributed by atoms with Gasteiger partial charge in [0.2, 0.25) is 0 Å². The molecule has 1 N–H and O–H groups in total. The molecule has 1 aromatic rings. The summed E-state index contributed by atoms with van der Waals surface area (Å²) >= 11 is 0. The molecule has 20 heavy (non-hydrogen) atoms. The summed E-state index contributed by atoms with van der Waals surface area (Å²) in [5.41, 5.74) is 1.89. The highest BCUT2D eigenvalue weighted by molar-refractivity contribution is 5.87. The Morgan fingerprint density at radius 3 is 2.10 bits per heavy atom. The number of carboxylic acids is 1. The summed E-state index contributed by atoms with van der Waals surface area (Å²) in [6.07, 6.45) is 8.96. The number of rotatable bonds is 3. The van der Waals surface area contributed by atoms with E-state index in [4.69, 9.17) is 5.11 Å². The lowest BCUT2D eigenvalue weighted by molar-refractivity contribution is 0.0686. The zero-order chi connectivity index (χ0) is 14.0. The Morgan fingerprint density at radius 1 is 0.950 bits per heavy atom. The van der Waals surface area contributed by atoms with Gasteiger partial charge in [0, 0.05) is 5.54 Å². The molecule has 0 atom stereocenters. The first-order chi connectivity index (χ1) is 9.72. The van der Waals surface area contributed by atoms with E-state index in [1.165, 1.54) is 63.6 Å². The minimum atomic E-state index is -0.838. The van der Waals surface area contributed by atoms with Crippen LogP contribution in [0.15, 0.2) is 24.3 Å². The van der Waals surface area contributed by atoms with Crippen molar-refractivity contribution in [2.45, 2.75) is 50.5 Å². The summed E-state index contributed by atoms with van der Waals surface area (Å²) in [7, 11) is 0. The number of nitrogens with zero attached hydrogens (tertiary/aromatic N) is 1. The van der Waals surface area contributed by atoms with Gasteiger partial charge >= 0.3 is 5.97 Å². The summed E-state index contributed by atoms with van der Waals surface area (Å²) in [5, 5.41) is 9.05. The predicted octanol–water partition coefficient (Wildman–Crippen LogP) is 3.64. The molecule has 2 aliphatic rings. The van der Waals surface area contributed by atoms with E-state index in [-0.39, 0.29) is 5.54 Å². The number of hydrogen-bond acceptors (Lipinski definition) is 2. The van der Waals surface area contributed by atoms with E-state index in [1.54, 1.807) is 12.1 Å². The first kappa shape index (κ1) is 13.6. The Balaban J connectivity index is 1.93. The van der Waals surface area contributed by atoms with Crippen molar-refractivity contribution >= 4 is 5.97 Å². The van der Waals surface area contributed by atoms with Crippen LogP contribution in [0.1, 0.15) is 60.9 Å². The monoisotopic (exact) mass is 273 g/mol. The Labute approximate surface area is 120 Å². The lowest BCUT2D eigenvalue weighted by Gasteiger charge is -2.45. The lowest BCUT2D eigenvalue weighted by Crippen LogP contribution is -2.46. The number of hydrogen-bond donors (Lipinski definition) is 1. The van der Waals surface area contributed by atoms with Crippen LogP contribution >= 0.6 is 0 Å². The average molecular weight is 273 g/mol. The van der Waals surface area contributed by atoms with E-state index < -0.39 is 5.97 Å². The molecular formula is C17H23NO2. The van der Waals surface area contributed by atoms with Crippen LogP contribution < -0.4 is 0 Å². The molecule has 0 spiro atoms. The van der Waals surface area contributed by atoms with Crippen molar-refractivity contribution in [2.75, 3.05) is 13.1 Å². The van der Waals surface area contributed by atoms with Gasteiger partial charge in [0.1, 0.15) is 0 Å². The van der Waals surface area contributed by atoms with Crippen LogP contribution in [0.5, 0.6) is 0 Å². The molecule has 1 saturated heterocycles. The van der Waals surface area contributed by atoms with Gasteiger partial charge in [0.15, 0.2) is 0 Å². The topological polar surface area (TPSA) is 40.5 Å². The molecule has 1 heterocycles. The maximum atomic E-state index is 11.0. The molecule has 3 rings (SSSR count). The minimum Gasteiger partial charge on any atom is -0.478 e. The van der Waals surface area contributed by atoms with Gasteiger partial charge in [-0.15, -0.1) is 0 Å². The van der Waals surface area contributed by atoms with Crippen molar-refractivity contribution in [3.63, 3.8) is 0 Å². The molecule has 1 aliphatic heterocycles. The van der Waals surface area contributed by atoms with Gasteiger partial charge in [-0.2, -0.15) is 0 Å². The molecule has 1 saturated carbocycles. The molecule has 0 unspecified atom stereocenters. The van der Waals surface area contributed by atoms with Gasteiger partial charge in [0.05, 0.1) is 5.56 Å². The van der Waals surface area contributed by atoms with E-state index in [9.17, 15) is 4.79 Å². The zero-order valence-electron chi connectivity index (χ0n) is 12.0. The fourth-order valence-electron chi connectivity index (χ4n) is 3.99. The first-order valence-corrected chi connectivity index (χ1v) is 7.81. The van der Waals surface area contributed by atoms with Gasteiger partial charge in [0.25, 0.3) is 0 Å². The van der Waals surface area contributed by atoms with Gasteiger partial charge in [-0.1, -0.05) is 31.4 Å². The number of likely N-dealkylation sites (tertiary alicyclic amines) is 1. The quantitative estimate of drug-likeness (QED) is 0.914. The fourth-order valence-corrected chi connectivity index (χ4v) is 3.99. The molecule has 0 amide bonds. The Bertz CT molecular complexity index is 468. The summed E-state index contributed by atoms with van der Waals surface area (Å²) < 4.78 is 0. The van der Waals surface area contributed by atoms with E-state index in [1.807, 2.05) is 12.1 Å². The SMILES string of the molecule is O=C(O)c1ccc(C2(N3CCCC3)CCCCC2)cc1. The van der Waals surface area contributed by atoms with Gasteiger partial charge in [-0.05, 0) is 56.5 Å². The van der Waals surface area contributed by atoms with Crippen molar-refractivity contribution in [1.29, 1.82) is 0 Å². The molecule has 1 aliphatic carbocycles. The lowest BCUT2D eigenvalue weighted by atomic mass is 9.75. The van der Waals surface area contributed by atoms with Crippen LogP contribution in [0.2, 0.25) is 0 Å². The van der Waals surface area contributed by atoms with Crippen molar-refractivity contribution in [2.24, 2.45) is 0 Å². The fraction of sp³-hybridized carbons (Fsp3) is 0.588.